The fourth-order valence-electron chi connectivity index (χ4n) is 1.14. The van der Waals surface area contributed by atoms with Crippen LogP contribution in [0.15, 0.2) is 18.2 Å². The lowest BCUT2D eigenvalue weighted by Crippen LogP contribution is -2.36. The minimum atomic E-state index is -0.416. The molecule has 0 aliphatic heterocycles. The highest BCUT2D eigenvalue weighted by molar-refractivity contribution is 6.33. The Hall–Kier alpha value is -1.75. The first-order chi connectivity index (χ1) is 7.93. The number of nitrogen functional groups attached to an aromatic ring is 1. The predicted molar refractivity (Wildman–Crippen MR) is 66.9 cm³/mol. The number of halogens is 1. The molecule has 0 bridgehead atoms. The Kier molecular flexibility index (Phi) is 4.34. The molecule has 0 fully saturated rings. The minimum absolute atomic E-state index is 0.0716. The molecule has 0 heterocycles. The van der Waals surface area contributed by atoms with Crippen molar-refractivity contribution in [1.82, 2.24) is 10.2 Å². The second-order valence-electron chi connectivity index (χ2n) is 3.67. The standard InChI is InChI=1S/C11H14ClN3O2/c1-15(2)9(16)6-14-11(17)7-4-3-5-8(12)10(7)13/h3-5H,6,13H2,1-2H3,(H,14,17). The number of hydrogen-bond acceptors (Lipinski definition) is 3. The van der Waals surface area contributed by atoms with Gasteiger partial charge in [-0.15, -0.1) is 0 Å². The summed E-state index contributed by atoms with van der Waals surface area (Å²) >= 11 is 5.79. The van der Waals surface area contributed by atoms with Crippen LogP contribution in [0.2, 0.25) is 5.02 Å². The Morgan fingerprint density at radius 3 is 2.65 bits per heavy atom. The molecular weight excluding hydrogens is 242 g/mol. The second kappa shape index (κ2) is 5.54. The molecule has 0 radical (unpaired) electrons. The van der Waals surface area contributed by atoms with Gasteiger partial charge in [-0.1, -0.05) is 17.7 Å². The average Bonchev–Trinajstić information content (AvgIpc) is 2.29. The van der Waals surface area contributed by atoms with Crippen LogP contribution in [0, 0.1) is 0 Å². The van der Waals surface area contributed by atoms with E-state index in [1.807, 2.05) is 0 Å². The van der Waals surface area contributed by atoms with Crippen LogP contribution in [-0.4, -0.2) is 37.4 Å². The molecule has 1 aromatic carbocycles. The van der Waals surface area contributed by atoms with Gasteiger partial charge in [0.1, 0.15) is 0 Å². The molecule has 92 valence electrons. The third kappa shape index (κ3) is 3.35. The van der Waals surface area contributed by atoms with E-state index in [1.54, 1.807) is 32.3 Å². The average molecular weight is 256 g/mol. The quantitative estimate of drug-likeness (QED) is 0.783. The fraction of sp³-hybridized carbons (Fsp3) is 0.273. The largest absolute Gasteiger partial charge is 0.397 e. The van der Waals surface area contributed by atoms with E-state index >= 15 is 0 Å². The van der Waals surface area contributed by atoms with Crippen LogP contribution < -0.4 is 11.1 Å². The van der Waals surface area contributed by atoms with Crippen molar-refractivity contribution in [1.29, 1.82) is 0 Å². The molecule has 2 amide bonds. The number of likely N-dealkylation sites (N-methyl/N-ethyl adjacent to an activating group) is 1. The van der Waals surface area contributed by atoms with Gasteiger partial charge in [0.2, 0.25) is 5.91 Å². The lowest BCUT2D eigenvalue weighted by atomic mass is 10.1. The summed E-state index contributed by atoms with van der Waals surface area (Å²) in [5.41, 5.74) is 6.14. The SMILES string of the molecule is CN(C)C(=O)CNC(=O)c1cccc(Cl)c1N. The predicted octanol–water partition coefficient (Wildman–Crippen LogP) is 0.740. The van der Waals surface area contributed by atoms with E-state index in [9.17, 15) is 9.59 Å². The van der Waals surface area contributed by atoms with Crippen LogP contribution in [0.25, 0.3) is 0 Å². The van der Waals surface area contributed by atoms with Crippen LogP contribution in [0.1, 0.15) is 10.4 Å². The topological polar surface area (TPSA) is 75.4 Å². The number of hydrogen-bond donors (Lipinski definition) is 2. The number of anilines is 1. The molecule has 1 rings (SSSR count). The van der Waals surface area contributed by atoms with Gasteiger partial charge < -0.3 is 16.0 Å². The first-order valence-electron chi connectivity index (χ1n) is 4.96. The van der Waals surface area contributed by atoms with Crippen molar-refractivity contribution >= 4 is 29.1 Å². The van der Waals surface area contributed by atoms with E-state index in [1.165, 1.54) is 4.90 Å². The van der Waals surface area contributed by atoms with E-state index in [4.69, 9.17) is 17.3 Å². The van der Waals surface area contributed by atoms with E-state index in [0.29, 0.717) is 5.02 Å². The van der Waals surface area contributed by atoms with E-state index in [-0.39, 0.29) is 23.7 Å². The molecule has 0 saturated carbocycles. The zero-order valence-electron chi connectivity index (χ0n) is 9.66. The summed E-state index contributed by atoms with van der Waals surface area (Å²) in [7, 11) is 3.23. The second-order valence-corrected chi connectivity index (χ2v) is 4.08. The Morgan fingerprint density at radius 1 is 1.41 bits per heavy atom. The molecule has 3 N–H and O–H groups in total. The zero-order chi connectivity index (χ0) is 13.0. The maximum Gasteiger partial charge on any atom is 0.253 e. The van der Waals surface area contributed by atoms with Crippen molar-refractivity contribution in [2.45, 2.75) is 0 Å². The van der Waals surface area contributed by atoms with Gasteiger partial charge in [-0.25, -0.2) is 0 Å². The summed E-state index contributed by atoms with van der Waals surface area (Å²) in [5, 5.41) is 2.80. The zero-order valence-corrected chi connectivity index (χ0v) is 10.4. The molecule has 6 heteroatoms. The van der Waals surface area contributed by atoms with E-state index in [2.05, 4.69) is 5.32 Å². The number of carbonyl (C=O) groups is 2. The minimum Gasteiger partial charge on any atom is -0.397 e. The van der Waals surface area contributed by atoms with Crippen molar-refractivity contribution in [3.05, 3.63) is 28.8 Å². The molecule has 0 aliphatic rings. The molecule has 5 nitrogen and oxygen atoms in total. The summed E-state index contributed by atoms with van der Waals surface area (Å²) in [6, 6.07) is 4.77. The molecule has 0 aliphatic carbocycles. The third-order valence-electron chi connectivity index (χ3n) is 2.20. The summed E-state index contributed by atoms with van der Waals surface area (Å²) in [6.45, 7) is -0.0716. The van der Waals surface area contributed by atoms with Crippen LogP contribution in [0.4, 0.5) is 5.69 Å². The molecule has 17 heavy (non-hydrogen) atoms. The lowest BCUT2D eigenvalue weighted by molar-refractivity contribution is -0.127. The number of nitrogens with two attached hydrogens (primary N) is 1. The van der Waals surface area contributed by atoms with E-state index < -0.39 is 5.91 Å². The van der Waals surface area contributed by atoms with Crippen molar-refractivity contribution in [3.63, 3.8) is 0 Å². The van der Waals surface area contributed by atoms with Gasteiger partial charge in [0, 0.05) is 14.1 Å². The Balaban J connectivity index is 2.71. The van der Waals surface area contributed by atoms with Gasteiger partial charge in [0.15, 0.2) is 0 Å². The first kappa shape index (κ1) is 13.3. The van der Waals surface area contributed by atoms with Gasteiger partial charge in [0.05, 0.1) is 22.8 Å². The van der Waals surface area contributed by atoms with Gasteiger partial charge >= 0.3 is 0 Å². The molecule has 0 aromatic heterocycles. The van der Waals surface area contributed by atoms with Crippen molar-refractivity contribution in [3.8, 4) is 0 Å². The summed E-state index contributed by atoms with van der Waals surface area (Å²) in [4.78, 5) is 24.4. The molecular formula is C11H14ClN3O2. The summed E-state index contributed by atoms with van der Waals surface area (Å²) < 4.78 is 0. The highest BCUT2D eigenvalue weighted by atomic mass is 35.5. The number of amides is 2. The smallest absolute Gasteiger partial charge is 0.253 e. The molecule has 1 aromatic rings. The lowest BCUT2D eigenvalue weighted by Gasteiger charge is -2.12. The molecule has 0 spiro atoms. The maximum absolute atomic E-state index is 11.7. The normalized spacial score (nSPS) is 9.82. The number of carbonyl (C=O) groups excluding carboxylic acids is 2. The fourth-order valence-corrected chi connectivity index (χ4v) is 1.32. The van der Waals surface area contributed by atoms with Gasteiger partial charge in [-0.3, -0.25) is 9.59 Å². The van der Waals surface area contributed by atoms with E-state index in [0.717, 1.165) is 0 Å². The third-order valence-corrected chi connectivity index (χ3v) is 2.53. The van der Waals surface area contributed by atoms with Crippen molar-refractivity contribution < 1.29 is 9.59 Å². The Labute approximate surface area is 105 Å². The van der Waals surface area contributed by atoms with Crippen molar-refractivity contribution in [2.24, 2.45) is 0 Å². The van der Waals surface area contributed by atoms with Crippen LogP contribution >= 0.6 is 11.6 Å². The number of nitrogens with one attached hydrogen (secondary N) is 1. The number of para-hydroxylation sites is 1. The Bertz CT molecular complexity index is 446. The summed E-state index contributed by atoms with van der Waals surface area (Å²) in [6.07, 6.45) is 0. The van der Waals surface area contributed by atoms with Gasteiger partial charge in [-0.05, 0) is 12.1 Å². The number of benzene rings is 1. The summed E-state index contributed by atoms with van der Waals surface area (Å²) in [5.74, 6) is -0.612. The Morgan fingerprint density at radius 2 is 2.06 bits per heavy atom. The van der Waals surface area contributed by atoms with Crippen LogP contribution in [0.3, 0.4) is 0 Å². The maximum atomic E-state index is 11.7. The van der Waals surface area contributed by atoms with Crippen LogP contribution in [0.5, 0.6) is 0 Å². The van der Waals surface area contributed by atoms with Gasteiger partial charge in [-0.2, -0.15) is 0 Å². The number of rotatable bonds is 3. The molecule has 0 saturated heterocycles. The van der Waals surface area contributed by atoms with Crippen LogP contribution in [-0.2, 0) is 4.79 Å². The highest BCUT2D eigenvalue weighted by Crippen LogP contribution is 2.21. The first-order valence-corrected chi connectivity index (χ1v) is 5.33. The highest BCUT2D eigenvalue weighted by Gasteiger charge is 2.13. The molecule has 0 atom stereocenters. The van der Waals surface area contributed by atoms with Crippen molar-refractivity contribution in [2.75, 3.05) is 26.4 Å². The van der Waals surface area contributed by atoms with Gasteiger partial charge in [0.25, 0.3) is 5.91 Å². The molecule has 0 unspecified atom stereocenters. The monoisotopic (exact) mass is 255 g/mol. The number of nitrogens with zero attached hydrogens (tertiary/aromatic N) is 1.